The summed E-state index contributed by atoms with van der Waals surface area (Å²) in [6, 6.07) is 7.77. The number of carbonyl (C=O) groups is 1. The SMILES string of the molecule is CCCc1ccc(C(O)CNCC(=O)O)cc1. The number of aryl methyl sites for hydroxylation is 1. The first-order chi connectivity index (χ1) is 8.13. The highest BCUT2D eigenvalue weighted by Crippen LogP contribution is 2.13. The summed E-state index contributed by atoms with van der Waals surface area (Å²) in [5.74, 6) is -0.921. The minimum Gasteiger partial charge on any atom is -0.480 e. The van der Waals surface area contributed by atoms with Crippen molar-refractivity contribution >= 4 is 5.97 Å². The van der Waals surface area contributed by atoms with Crippen LogP contribution in [-0.4, -0.2) is 29.3 Å². The third kappa shape index (κ3) is 4.97. The van der Waals surface area contributed by atoms with Crippen molar-refractivity contribution in [3.8, 4) is 0 Å². The predicted molar refractivity (Wildman–Crippen MR) is 65.9 cm³/mol. The van der Waals surface area contributed by atoms with Gasteiger partial charge in [-0.2, -0.15) is 0 Å². The van der Waals surface area contributed by atoms with Crippen LogP contribution in [0.2, 0.25) is 0 Å². The van der Waals surface area contributed by atoms with Crippen LogP contribution in [0.25, 0.3) is 0 Å². The van der Waals surface area contributed by atoms with Crippen LogP contribution in [0, 0.1) is 0 Å². The Morgan fingerprint density at radius 2 is 2.00 bits per heavy atom. The van der Waals surface area contributed by atoms with Crippen molar-refractivity contribution in [1.29, 1.82) is 0 Å². The van der Waals surface area contributed by atoms with Gasteiger partial charge >= 0.3 is 5.97 Å². The van der Waals surface area contributed by atoms with Crippen LogP contribution in [0.5, 0.6) is 0 Å². The largest absolute Gasteiger partial charge is 0.480 e. The van der Waals surface area contributed by atoms with E-state index >= 15 is 0 Å². The third-order valence-corrected chi connectivity index (χ3v) is 2.52. The number of nitrogens with one attached hydrogen (secondary N) is 1. The number of aliphatic hydroxyl groups excluding tert-OH is 1. The number of benzene rings is 1. The van der Waals surface area contributed by atoms with Crippen molar-refractivity contribution in [1.82, 2.24) is 5.32 Å². The Kier molecular flexibility index (Phi) is 5.66. The highest BCUT2D eigenvalue weighted by Gasteiger charge is 2.07. The number of carboxylic acids is 1. The highest BCUT2D eigenvalue weighted by atomic mass is 16.4. The fourth-order valence-corrected chi connectivity index (χ4v) is 1.63. The molecule has 4 nitrogen and oxygen atoms in total. The number of aliphatic hydroxyl groups is 1. The van der Waals surface area contributed by atoms with Crippen LogP contribution < -0.4 is 5.32 Å². The Labute approximate surface area is 101 Å². The molecule has 0 saturated carbocycles. The topological polar surface area (TPSA) is 69.6 Å². The van der Waals surface area contributed by atoms with Crippen molar-refractivity contribution in [3.63, 3.8) is 0 Å². The van der Waals surface area contributed by atoms with Gasteiger partial charge in [0.2, 0.25) is 0 Å². The Hall–Kier alpha value is -1.39. The molecule has 1 rings (SSSR count). The van der Waals surface area contributed by atoms with Crippen molar-refractivity contribution in [2.45, 2.75) is 25.9 Å². The first-order valence-corrected chi connectivity index (χ1v) is 5.83. The monoisotopic (exact) mass is 237 g/mol. The molecule has 4 heteroatoms. The van der Waals surface area contributed by atoms with Crippen molar-refractivity contribution in [3.05, 3.63) is 35.4 Å². The quantitative estimate of drug-likeness (QED) is 0.669. The molecule has 0 aliphatic heterocycles. The molecule has 0 aliphatic rings. The summed E-state index contributed by atoms with van der Waals surface area (Å²) in [5.41, 5.74) is 2.06. The molecule has 0 spiro atoms. The maximum absolute atomic E-state index is 10.3. The second-order valence-corrected chi connectivity index (χ2v) is 4.03. The fourth-order valence-electron chi connectivity index (χ4n) is 1.63. The van der Waals surface area contributed by atoms with E-state index in [2.05, 4.69) is 12.2 Å². The zero-order valence-corrected chi connectivity index (χ0v) is 10.0. The third-order valence-electron chi connectivity index (χ3n) is 2.52. The van der Waals surface area contributed by atoms with Gasteiger partial charge in [-0.25, -0.2) is 0 Å². The van der Waals surface area contributed by atoms with Crippen LogP contribution in [0.1, 0.15) is 30.6 Å². The minimum absolute atomic E-state index is 0.134. The Morgan fingerprint density at radius 3 is 2.53 bits per heavy atom. The zero-order valence-electron chi connectivity index (χ0n) is 10.0. The highest BCUT2D eigenvalue weighted by molar-refractivity contribution is 5.68. The molecule has 1 aromatic rings. The average molecular weight is 237 g/mol. The second-order valence-electron chi connectivity index (χ2n) is 4.03. The molecule has 1 unspecified atom stereocenters. The fraction of sp³-hybridized carbons (Fsp3) is 0.462. The molecule has 0 fully saturated rings. The van der Waals surface area contributed by atoms with Gasteiger partial charge in [0.1, 0.15) is 0 Å². The van der Waals surface area contributed by atoms with Crippen molar-refractivity contribution in [2.75, 3.05) is 13.1 Å². The number of aliphatic carboxylic acids is 1. The van der Waals surface area contributed by atoms with Crippen LogP contribution in [0.3, 0.4) is 0 Å². The lowest BCUT2D eigenvalue weighted by Crippen LogP contribution is -2.27. The maximum Gasteiger partial charge on any atom is 0.317 e. The second kappa shape index (κ2) is 7.04. The first kappa shape index (κ1) is 13.7. The molecule has 0 amide bonds. The number of carboxylic acid groups (broad SMARTS) is 1. The molecule has 1 aromatic carbocycles. The Morgan fingerprint density at radius 1 is 1.35 bits per heavy atom. The van der Waals surface area contributed by atoms with Gasteiger partial charge in [0, 0.05) is 6.54 Å². The van der Waals surface area contributed by atoms with Gasteiger partial charge in [-0.3, -0.25) is 4.79 Å². The molecule has 1 atom stereocenters. The Balaban J connectivity index is 2.45. The summed E-state index contributed by atoms with van der Waals surface area (Å²) in [7, 11) is 0. The summed E-state index contributed by atoms with van der Waals surface area (Å²) < 4.78 is 0. The van der Waals surface area contributed by atoms with Gasteiger partial charge in [-0.05, 0) is 17.5 Å². The zero-order chi connectivity index (χ0) is 12.7. The molecule has 0 aliphatic carbocycles. The summed E-state index contributed by atoms with van der Waals surface area (Å²) >= 11 is 0. The molecule has 0 bridgehead atoms. The van der Waals surface area contributed by atoms with E-state index in [0.29, 0.717) is 0 Å². The van der Waals surface area contributed by atoms with E-state index in [1.54, 1.807) is 0 Å². The van der Waals surface area contributed by atoms with Crippen LogP contribution in [0.4, 0.5) is 0 Å². The number of hydrogen-bond donors (Lipinski definition) is 3. The van der Waals surface area contributed by atoms with Crippen molar-refractivity contribution < 1.29 is 15.0 Å². The predicted octanol–water partition coefficient (Wildman–Crippen LogP) is 1.35. The number of rotatable bonds is 7. The van der Waals surface area contributed by atoms with Crippen LogP contribution in [0.15, 0.2) is 24.3 Å². The molecule has 3 N–H and O–H groups in total. The lowest BCUT2D eigenvalue weighted by molar-refractivity contribution is -0.136. The van der Waals surface area contributed by atoms with Gasteiger partial charge in [-0.1, -0.05) is 37.6 Å². The summed E-state index contributed by atoms with van der Waals surface area (Å²) in [6.07, 6.45) is 1.47. The standard InChI is InChI=1S/C13H19NO3/c1-2-3-10-4-6-11(7-5-10)12(15)8-14-9-13(16)17/h4-7,12,14-15H,2-3,8-9H2,1H3,(H,16,17). The summed E-state index contributed by atoms with van der Waals surface area (Å²) in [5, 5.41) is 20.9. The smallest absolute Gasteiger partial charge is 0.317 e. The normalized spacial score (nSPS) is 12.4. The van der Waals surface area contributed by atoms with E-state index in [1.807, 2.05) is 24.3 Å². The summed E-state index contributed by atoms with van der Waals surface area (Å²) in [6.45, 7) is 2.24. The van der Waals surface area contributed by atoms with Gasteiger partial charge in [0.25, 0.3) is 0 Å². The maximum atomic E-state index is 10.3. The van der Waals surface area contributed by atoms with E-state index in [9.17, 15) is 9.90 Å². The molecule has 17 heavy (non-hydrogen) atoms. The van der Waals surface area contributed by atoms with Gasteiger partial charge in [-0.15, -0.1) is 0 Å². The van der Waals surface area contributed by atoms with E-state index in [0.717, 1.165) is 18.4 Å². The van der Waals surface area contributed by atoms with E-state index < -0.39 is 12.1 Å². The minimum atomic E-state index is -0.921. The van der Waals surface area contributed by atoms with Crippen LogP contribution >= 0.6 is 0 Å². The van der Waals surface area contributed by atoms with Crippen LogP contribution in [-0.2, 0) is 11.2 Å². The van der Waals surface area contributed by atoms with Gasteiger partial charge < -0.3 is 15.5 Å². The van der Waals surface area contributed by atoms with E-state index in [1.165, 1.54) is 5.56 Å². The van der Waals surface area contributed by atoms with Gasteiger partial charge in [0.15, 0.2) is 0 Å². The molecule has 0 aromatic heterocycles. The molecule has 0 saturated heterocycles. The molecular weight excluding hydrogens is 218 g/mol. The van der Waals surface area contributed by atoms with Gasteiger partial charge in [0.05, 0.1) is 12.6 Å². The first-order valence-electron chi connectivity index (χ1n) is 5.83. The number of hydrogen-bond acceptors (Lipinski definition) is 3. The summed E-state index contributed by atoms with van der Waals surface area (Å²) in [4.78, 5) is 10.3. The Bertz CT molecular complexity index is 348. The van der Waals surface area contributed by atoms with Crippen molar-refractivity contribution in [2.24, 2.45) is 0 Å². The van der Waals surface area contributed by atoms with E-state index in [-0.39, 0.29) is 13.1 Å². The lowest BCUT2D eigenvalue weighted by Gasteiger charge is -2.11. The molecule has 94 valence electrons. The molecule has 0 heterocycles. The molecule has 0 radical (unpaired) electrons. The average Bonchev–Trinajstić information content (AvgIpc) is 2.30. The van der Waals surface area contributed by atoms with E-state index in [4.69, 9.17) is 5.11 Å². The molecular formula is C13H19NO3. The lowest BCUT2D eigenvalue weighted by atomic mass is 10.0.